The van der Waals surface area contributed by atoms with Crippen LogP contribution < -0.4 is 0 Å². The second-order valence-corrected chi connectivity index (χ2v) is 5.27. The van der Waals surface area contributed by atoms with E-state index in [2.05, 4.69) is 21.6 Å². The monoisotopic (exact) mass is 275 g/mol. The maximum Gasteiger partial charge on any atom is 0.117 e. The van der Waals surface area contributed by atoms with Gasteiger partial charge in [0.25, 0.3) is 0 Å². The lowest BCUT2D eigenvalue weighted by Gasteiger charge is -2.32. The molecule has 5 nitrogen and oxygen atoms in total. The lowest BCUT2D eigenvalue weighted by molar-refractivity contribution is 0.128. The largest absolute Gasteiger partial charge is 0.468 e. The molecule has 0 unspecified atom stereocenters. The molecule has 0 saturated heterocycles. The Morgan fingerprint density at radius 3 is 3.10 bits per heavy atom. The van der Waals surface area contributed by atoms with E-state index >= 15 is 0 Å². The van der Waals surface area contributed by atoms with Gasteiger partial charge in [-0.2, -0.15) is 5.10 Å². The highest BCUT2D eigenvalue weighted by atomic mass is 16.5. The molecule has 0 spiro atoms. The minimum absolute atomic E-state index is 0.376. The van der Waals surface area contributed by atoms with Crippen LogP contribution >= 0.6 is 0 Å². The highest BCUT2D eigenvalue weighted by Gasteiger charge is 2.29. The van der Waals surface area contributed by atoms with Crippen molar-refractivity contribution < 1.29 is 9.15 Å². The second kappa shape index (κ2) is 5.81. The summed E-state index contributed by atoms with van der Waals surface area (Å²) in [5.41, 5.74) is 2.65. The van der Waals surface area contributed by atoms with Gasteiger partial charge < -0.3 is 9.15 Å². The number of fused-ring (bicyclic) bond motifs is 1. The summed E-state index contributed by atoms with van der Waals surface area (Å²) < 4.78 is 13.0. The molecule has 5 heteroatoms. The number of hydrogen-bond acceptors (Lipinski definition) is 4. The first-order chi connectivity index (χ1) is 9.81. The molecule has 0 aliphatic carbocycles. The van der Waals surface area contributed by atoms with Crippen molar-refractivity contribution in [2.75, 3.05) is 20.3 Å². The summed E-state index contributed by atoms with van der Waals surface area (Å²) in [6, 6.07) is 3.96. The molecule has 1 aliphatic rings. The molecule has 0 aromatic carbocycles. The van der Waals surface area contributed by atoms with E-state index in [0.717, 1.165) is 38.5 Å². The number of furan rings is 1. The van der Waals surface area contributed by atoms with Crippen molar-refractivity contribution in [3.05, 3.63) is 41.6 Å². The van der Waals surface area contributed by atoms with Crippen LogP contribution in [0.1, 0.15) is 29.9 Å². The molecular formula is C15H21N3O2. The molecule has 3 heterocycles. The Kier molecular flexibility index (Phi) is 3.89. The Morgan fingerprint density at radius 2 is 2.40 bits per heavy atom. The third kappa shape index (κ3) is 2.51. The van der Waals surface area contributed by atoms with E-state index in [4.69, 9.17) is 9.15 Å². The third-order valence-electron chi connectivity index (χ3n) is 3.85. The van der Waals surface area contributed by atoms with Gasteiger partial charge in [-0.3, -0.25) is 9.58 Å². The number of nitrogens with zero attached hydrogens (tertiary/aromatic N) is 3. The Labute approximate surface area is 119 Å². The molecule has 108 valence electrons. The average Bonchev–Trinajstić information content (AvgIpc) is 3.08. The van der Waals surface area contributed by atoms with Crippen LogP contribution in [0.4, 0.5) is 0 Å². The molecule has 0 N–H and O–H groups in total. The van der Waals surface area contributed by atoms with E-state index in [-0.39, 0.29) is 0 Å². The van der Waals surface area contributed by atoms with Crippen LogP contribution in [-0.4, -0.2) is 34.9 Å². The molecule has 0 saturated carbocycles. The molecule has 0 amide bonds. The molecule has 0 radical (unpaired) electrons. The van der Waals surface area contributed by atoms with Gasteiger partial charge in [-0.05, 0) is 19.1 Å². The number of ether oxygens (including phenoxy) is 1. The topological polar surface area (TPSA) is 43.4 Å². The molecule has 1 aliphatic heterocycles. The predicted molar refractivity (Wildman–Crippen MR) is 75.3 cm³/mol. The van der Waals surface area contributed by atoms with Crippen molar-refractivity contribution in [2.24, 2.45) is 0 Å². The van der Waals surface area contributed by atoms with E-state index in [1.54, 1.807) is 13.4 Å². The molecule has 2 aromatic heterocycles. The summed E-state index contributed by atoms with van der Waals surface area (Å²) in [4.78, 5) is 2.40. The third-order valence-corrected chi connectivity index (χ3v) is 3.85. The zero-order chi connectivity index (χ0) is 13.9. The minimum atomic E-state index is 0.376. The summed E-state index contributed by atoms with van der Waals surface area (Å²) >= 11 is 0. The van der Waals surface area contributed by atoms with E-state index < -0.39 is 0 Å². The summed E-state index contributed by atoms with van der Waals surface area (Å²) in [6.07, 6.45) is 3.72. The lowest BCUT2D eigenvalue weighted by Crippen LogP contribution is -2.35. The first-order valence-electron chi connectivity index (χ1n) is 7.10. The SMILES string of the molecule is CCn1ncc2c1[C@@H](COC)CN(Cc1ccco1)C2. The number of aromatic nitrogens is 2. The van der Waals surface area contributed by atoms with E-state index in [1.807, 2.05) is 18.3 Å². The van der Waals surface area contributed by atoms with Crippen molar-refractivity contribution in [3.63, 3.8) is 0 Å². The molecule has 2 aromatic rings. The Bertz CT molecular complexity index is 547. The first kappa shape index (κ1) is 13.4. The Hall–Kier alpha value is -1.59. The summed E-state index contributed by atoms with van der Waals surface area (Å²) in [5, 5.41) is 4.49. The maximum absolute atomic E-state index is 5.45. The van der Waals surface area contributed by atoms with Crippen LogP contribution in [0.25, 0.3) is 0 Å². The number of methoxy groups -OCH3 is 1. The molecule has 1 atom stereocenters. The zero-order valence-electron chi connectivity index (χ0n) is 12.1. The first-order valence-corrected chi connectivity index (χ1v) is 7.10. The van der Waals surface area contributed by atoms with Crippen LogP contribution in [0, 0.1) is 0 Å². The number of rotatable bonds is 5. The van der Waals surface area contributed by atoms with Crippen LogP contribution in [0.15, 0.2) is 29.0 Å². The van der Waals surface area contributed by atoms with Gasteiger partial charge in [0.15, 0.2) is 0 Å². The summed E-state index contributed by atoms with van der Waals surface area (Å²) in [7, 11) is 1.76. The van der Waals surface area contributed by atoms with Gasteiger partial charge in [0.05, 0.1) is 25.6 Å². The van der Waals surface area contributed by atoms with Gasteiger partial charge >= 0.3 is 0 Å². The Balaban J connectivity index is 1.81. The van der Waals surface area contributed by atoms with Gasteiger partial charge in [0.1, 0.15) is 5.76 Å². The van der Waals surface area contributed by atoms with Crippen molar-refractivity contribution in [1.29, 1.82) is 0 Å². The van der Waals surface area contributed by atoms with E-state index in [0.29, 0.717) is 5.92 Å². The van der Waals surface area contributed by atoms with Gasteiger partial charge in [0, 0.05) is 43.9 Å². The zero-order valence-corrected chi connectivity index (χ0v) is 12.1. The molecule has 20 heavy (non-hydrogen) atoms. The predicted octanol–water partition coefficient (Wildman–Crippen LogP) is 2.24. The fourth-order valence-corrected chi connectivity index (χ4v) is 3.06. The highest BCUT2D eigenvalue weighted by Crippen LogP contribution is 2.29. The number of hydrogen-bond donors (Lipinski definition) is 0. The molecule has 3 rings (SSSR count). The minimum Gasteiger partial charge on any atom is -0.468 e. The average molecular weight is 275 g/mol. The van der Waals surface area contributed by atoms with Crippen LogP contribution in [0.3, 0.4) is 0 Å². The molecular weight excluding hydrogens is 254 g/mol. The summed E-state index contributed by atoms with van der Waals surface area (Å²) in [5.74, 6) is 1.38. The van der Waals surface area contributed by atoms with Gasteiger partial charge in [-0.25, -0.2) is 0 Å². The van der Waals surface area contributed by atoms with E-state index in [1.165, 1.54) is 11.3 Å². The highest BCUT2D eigenvalue weighted by molar-refractivity contribution is 5.25. The second-order valence-electron chi connectivity index (χ2n) is 5.27. The molecule has 0 fully saturated rings. The summed E-state index contributed by atoms with van der Waals surface area (Å²) in [6.45, 7) is 6.51. The van der Waals surface area contributed by atoms with Crippen molar-refractivity contribution in [3.8, 4) is 0 Å². The van der Waals surface area contributed by atoms with E-state index in [9.17, 15) is 0 Å². The normalized spacial score (nSPS) is 19.2. The van der Waals surface area contributed by atoms with Gasteiger partial charge in [-0.1, -0.05) is 0 Å². The fourth-order valence-electron chi connectivity index (χ4n) is 3.06. The fraction of sp³-hybridized carbons (Fsp3) is 0.533. The standard InChI is InChI=1S/C15H21N3O2/c1-3-18-15-12(7-16-18)8-17(9-13(15)11-19-2)10-14-5-4-6-20-14/h4-7,13H,3,8-11H2,1-2H3/t13-/m1/s1. The van der Waals surface area contributed by atoms with Gasteiger partial charge in [0.2, 0.25) is 0 Å². The Morgan fingerprint density at radius 1 is 1.50 bits per heavy atom. The maximum atomic E-state index is 5.45. The van der Waals surface area contributed by atoms with Gasteiger partial charge in [-0.15, -0.1) is 0 Å². The van der Waals surface area contributed by atoms with Crippen LogP contribution in [0.5, 0.6) is 0 Å². The molecule has 0 bridgehead atoms. The van der Waals surface area contributed by atoms with Crippen molar-refractivity contribution in [1.82, 2.24) is 14.7 Å². The number of aryl methyl sites for hydroxylation is 1. The van der Waals surface area contributed by atoms with Crippen molar-refractivity contribution >= 4 is 0 Å². The quantitative estimate of drug-likeness (QED) is 0.839. The lowest BCUT2D eigenvalue weighted by atomic mass is 9.96. The van der Waals surface area contributed by atoms with Crippen LogP contribution in [-0.2, 0) is 24.4 Å². The van der Waals surface area contributed by atoms with Crippen molar-refractivity contribution in [2.45, 2.75) is 32.5 Å². The van der Waals surface area contributed by atoms with Crippen LogP contribution in [0.2, 0.25) is 0 Å². The smallest absolute Gasteiger partial charge is 0.117 e.